The Bertz CT molecular complexity index is 536. The summed E-state index contributed by atoms with van der Waals surface area (Å²) in [5.74, 6) is 0.359. The fourth-order valence-corrected chi connectivity index (χ4v) is 1.64. The predicted molar refractivity (Wildman–Crippen MR) is 70.4 cm³/mol. The molecule has 0 aliphatic carbocycles. The smallest absolute Gasteiger partial charge is 0.254 e. The number of hydrogen-bond donors (Lipinski definition) is 2. The van der Waals surface area contributed by atoms with Gasteiger partial charge in [0.2, 0.25) is 0 Å². The van der Waals surface area contributed by atoms with E-state index in [4.69, 9.17) is 14.9 Å². The van der Waals surface area contributed by atoms with Crippen LogP contribution in [0.3, 0.4) is 0 Å². The molecule has 0 aliphatic heterocycles. The third kappa shape index (κ3) is 3.18. The van der Waals surface area contributed by atoms with E-state index in [2.05, 4.69) is 10.3 Å². The van der Waals surface area contributed by atoms with Crippen molar-refractivity contribution in [2.75, 3.05) is 19.0 Å². The van der Waals surface area contributed by atoms with Gasteiger partial charge < -0.3 is 20.2 Å². The van der Waals surface area contributed by atoms with Crippen molar-refractivity contribution in [3.05, 3.63) is 36.9 Å². The maximum absolute atomic E-state index is 11.8. The van der Waals surface area contributed by atoms with Gasteiger partial charge in [0.25, 0.3) is 5.91 Å². The number of nitrogens with two attached hydrogens (primary N) is 1. The Hall–Kier alpha value is -2.18. The van der Waals surface area contributed by atoms with E-state index in [9.17, 15) is 4.79 Å². The van der Waals surface area contributed by atoms with Crippen molar-refractivity contribution >= 4 is 11.6 Å². The monoisotopic (exact) mass is 261 g/mol. The zero-order valence-electron chi connectivity index (χ0n) is 10.5. The van der Waals surface area contributed by atoms with Crippen LogP contribution in [0.2, 0.25) is 0 Å². The van der Waals surface area contributed by atoms with E-state index in [1.54, 1.807) is 18.3 Å². The molecule has 0 fully saturated rings. The highest BCUT2D eigenvalue weighted by Gasteiger charge is 2.15. The number of aromatic nitrogens is 1. The van der Waals surface area contributed by atoms with Crippen LogP contribution >= 0.6 is 0 Å². The number of carbonyl (C=O) groups excluding carboxylic acids is 1. The van der Waals surface area contributed by atoms with Gasteiger partial charge in [-0.15, -0.1) is 0 Å². The van der Waals surface area contributed by atoms with Gasteiger partial charge in [0, 0.05) is 24.9 Å². The summed E-state index contributed by atoms with van der Waals surface area (Å²) in [6.45, 7) is 0.129. The molecule has 1 aromatic heterocycles. The van der Waals surface area contributed by atoms with E-state index < -0.39 is 6.10 Å². The zero-order chi connectivity index (χ0) is 13.7. The molecule has 1 aromatic carbocycles. The van der Waals surface area contributed by atoms with Crippen LogP contribution in [0.25, 0.3) is 11.3 Å². The number of rotatable bonds is 5. The molecule has 0 spiro atoms. The Balaban J connectivity index is 2.14. The van der Waals surface area contributed by atoms with Crippen LogP contribution < -0.4 is 11.1 Å². The highest BCUT2D eigenvalue weighted by molar-refractivity contribution is 5.94. The number of methoxy groups -OCH3 is 1. The number of hydrogen-bond acceptors (Lipinski definition) is 5. The molecular formula is C13H15N3O3. The zero-order valence-corrected chi connectivity index (χ0v) is 10.5. The SMILES string of the molecule is COC(CN)C(=O)Nc1cccc(-c2cnco2)c1. The largest absolute Gasteiger partial charge is 0.444 e. The second kappa shape index (κ2) is 6.12. The average Bonchev–Trinajstić information content (AvgIpc) is 2.94. The molecule has 0 bridgehead atoms. The van der Waals surface area contributed by atoms with Crippen LogP contribution in [-0.2, 0) is 9.53 Å². The molecule has 6 nitrogen and oxygen atoms in total. The Morgan fingerprint density at radius 1 is 1.58 bits per heavy atom. The first-order valence-corrected chi connectivity index (χ1v) is 5.77. The van der Waals surface area contributed by atoms with Crippen molar-refractivity contribution < 1.29 is 13.9 Å². The maximum Gasteiger partial charge on any atom is 0.254 e. The van der Waals surface area contributed by atoms with Crippen LogP contribution in [0.5, 0.6) is 0 Å². The van der Waals surface area contributed by atoms with E-state index in [0.29, 0.717) is 11.4 Å². The summed E-state index contributed by atoms with van der Waals surface area (Å²) in [6, 6.07) is 7.26. The van der Waals surface area contributed by atoms with Gasteiger partial charge in [-0.1, -0.05) is 12.1 Å². The van der Waals surface area contributed by atoms with Crippen molar-refractivity contribution in [3.8, 4) is 11.3 Å². The van der Waals surface area contributed by atoms with Gasteiger partial charge in [0.05, 0.1) is 6.20 Å². The summed E-state index contributed by atoms with van der Waals surface area (Å²) < 4.78 is 10.2. The standard InChI is InChI=1S/C13H15N3O3/c1-18-11(6-14)13(17)16-10-4-2-3-9(5-10)12-7-15-8-19-12/h2-5,7-8,11H,6,14H2,1H3,(H,16,17). The fraction of sp³-hybridized carbons (Fsp3) is 0.231. The molecule has 0 aliphatic rings. The summed E-state index contributed by atoms with van der Waals surface area (Å²) in [5.41, 5.74) is 6.91. The van der Waals surface area contributed by atoms with Crippen molar-refractivity contribution in [2.24, 2.45) is 5.73 Å². The van der Waals surface area contributed by atoms with Gasteiger partial charge in [-0.25, -0.2) is 4.98 Å². The van der Waals surface area contributed by atoms with Gasteiger partial charge in [-0.3, -0.25) is 4.79 Å². The molecular weight excluding hydrogens is 246 g/mol. The summed E-state index contributed by atoms with van der Waals surface area (Å²) in [4.78, 5) is 15.7. The number of nitrogens with one attached hydrogen (secondary N) is 1. The first-order chi connectivity index (χ1) is 9.24. The van der Waals surface area contributed by atoms with E-state index in [-0.39, 0.29) is 12.5 Å². The van der Waals surface area contributed by atoms with Gasteiger partial charge in [-0.05, 0) is 12.1 Å². The molecule has 0 saturated heterocycles. The number of oxazole rings is 1. The van der Waals surface area contributed by atoms with Crippen molar-refractivity contribution in [1.82, 2.24) is 4.98 Å². The topological polar surface area (TPSA) is 90.4 Å². The highest BCUT2D eigenvalue weighted by Crippen LogP contribution is 2.22. The van der Waals surface area contributed by atoms with Crippen molar-refractivity contribution in [3.63, 3.8) is 0 Å². The quantitative estimate of drug-likeness (QED) is 0.845. The normalized spacial score (nSPS) is 12.1. The van der Waals surface area contributed by atoms with Crippen molar-refractivity contribution in [1.29, 1.82) is 0 Å². The summed E-state index contributed by atoms with van der Waals surface area (Å²) in [6.07, 6.45) is 2.31. The minimum atomic E-state index is -0.658. The first-order valence-electron chi connectivity index (χ1n) is 5.77. The van der Waals surface area contributed by atoms with Crippen molar-refractivity contribution in [2.45, 2.75) is 6.10 Å². The molecule has 1 heterocycles. The van der Waals surface area contributed by atoms with E-state index in [1.165, 1.54) is 13.5 Å². The molecule has 1 amide bonds. The molecule has 1 unspecified atom stereocenters. The average molecular weight is 261 g/mol. The lowest BCUT2D eigenvalue weighted by Crippen LogP contribution is -2.35. The number of carbonyl (C=O) groups is 1. The second-order valence-electron chi connectivity index (χ2n) is 3.90. The Kier molecular flexibility index (Phi) is 4.27. The summed E-state index contributed by atoms with van der Waals surface area (Å²) in [5, 5.41) is 2.74. The molecule has 0 radical (unpaired) electrons. The van der Waals surface area contributed by atoms with Gasteiger partial charge in [0.1, 0.15) is 6.10 Å². The van der Waals surface area contributed by atoms with Gasteiger partial charge in [-0.2, -0.15) is 0 Å². The Morgan fingerprint density at radius 2 is 2.42 bits per heavy atom. The van der Waals surface area contributed by atoms with Crippen LogP contribution in [-0.4, -0.2) is 30.6 Å². The number of ether oxygens (including phenoxy) is 1. The summed E-state index contributed by atoms with van der Waals surface area (Å²) >= 11 is 0. The lowest BCUT2D eigenvalue weighted by Gasteiger charge is -2.13. The van der Waals surface area contributed by atoms with Gasteiger partial charge in [0.15, 0.2) is 12.2 Å². The molecule has 2 aromatic rings. The Labute approximate surface area is 110 Å². The number of nitrogens with zero attached hydrogens (tertiary/aromatic N) is 1. The molecule has 100 valence electrons. The molecule has 0 saturated carbocycles. The molecule has 3 N–H and O–H groups in total. The first kappa shape index (κ1) is 13.3. The molecule has 1 atom stereocenters. The third-order valence-corrected chi connectivity index (χ3v) is 2.64. The van der Waals surface area contributed by atoms with E-state index in [1.807, 2.05) is 12.1 Å². The third-order valence-electron chi connectivity index (χ3n) is 2.64. The number of benzene rings is 1. The minimum absolute atomic E-state index is 0.129. The molecule has 2 rings (SSSR count). The van der Waals surface area contributed by atoms with Crippen LogP contribution in [0.4, 0.5) is 5.69 Å². The van der Waals surface area contributed by atoms with Crippen LogP contribution in [0.15, 0.2) is 41.3 Å². The van der Waals surface area contributed by atoms with E-state index >= 15 is 0 Å². The minimum Gasteiger partial charge on any atom is -0.444 e. The lowest BCUT2D eigenvalue weighted by atomic mass is 10.1. The number of anilines is 1. The lowest BCUT2D eigenvalue weighted by molar-refractivity contribution is -0.125. The molecule has 6 heteroatoms. The fourth-order valence-electron chi connectivity index (χ4n) is 1.64. The second-order valence-corrected chi connectivity index (χ2v) is 3.90. The van der Waals surface area contributed by atoms with Gasteiger partial charge >= 0.3 is 0 Å². The number of amides is 1. The predicted octanol–water partition coefficient (Wildman–Crippen LogP) is 1.25. The van der Waals surface area contributed by atoms with Crippen LogP contribution in [0.1, 0.15) is 0 Å². The van der Waals surface area contributed by atoms with E-state index in [0.717, 1.165) is 5.56 Å². The molecule has 19 heavy (non-hydrogen) atoms. The summed E-state index contributed by atoms with van der Waals surface area (Å²) in [7, 11) is 1.45. The maximum atomic E-state index is 11.8. The highest BCUT2D eigenvalue weighted by atomic mass is 16.5. The Morgan fingerprint density at radius 3 is 3.05 bits per heavy atom. The van der Waals surface area contributed by atoms with Crippen LogP contribution in [0, 0.1) is 0 Å².